The van der Waals surface area contributed by atoms with Gasteiger partial charge < -0.3 is 10.1 Å². The predicted molar refractivity (Wildman–Crippen MR) is 83.6 cm³/mol. The Balaban J connectivity index is 1.67. The zero-order chi connectivity index (χ0) is 13.7. The van der Waals surface area contributed by atoms with Crippen LogP contribution in [0.4, 0.5) is 0 Å². The van der Waals surface area contributed by atoms with Gasteiger partial charge in [0.25, 0.3) is 0 Å². The van der Waals surface area contributed by atoms with Gasteiger partial charge in [-0.05, 0) is 55.3 Å². The van der Waals surface area contributed by atoms with Gasteiger partial charge in [-0.3, -0.25) is 0 Å². The van der Waals surface area contributed by atoms with E-state index in [1.54, 1.807) is 0 Å². The Morgan fingerprint density at radius 2 is 2.16 bits per heavy atom. The molecule has 1 fully saturated rings. The molecule has 1 aliphatic carbocycles. The molecular weight excluding hydrogens is 302 g/mol. The summed E-state index contributed by atoms with van der Waals surface area (Å²) < 4.78 is 6.91. The highest BCUT2D eigenvalue weighted by molar-refractivity contribution is 9.10. The van der Waals surface area contributed by atoms with Gasteiger partial charge in [0.1, 0.15) is 5.75 Å². The van der Waals surface area contributed by atoms with E-state index in [1.165, 1.54) is 12.8 Å². The highest BCUT2D eigenvalue weighted by Crippen LogP contribution is 2.48. The summed E-state index contributed by atoms with van der Waals surface area (Å²) in [5, 5.41) is 3.58. The molecule has 0 unspecified atom stereocenters. The van der Waals surface area contributed by atoms with Crippen LogP contribution in [0.2, 0.25) is 0 Å². The molecular formula is C16H24BrNO. The molecule has 0 spiro atoms. The summed E-state index contributed by atoms with van der Waals surface area (Å²) in [7, 11) is 0. The summed E-state index contributed by atoms with van der Waals surface area (Å²) in [6.45, 7) is 7.59. The third kappa shape index (κ3) is 5.15. The highest BCUT2D eigenvalue weighted by Gasteiger charge is 2.41. The first kappa shape index (κ1) is 14.9. The van der Waals surface area contributed by atoms with Gasteiger partial charge in [0.15, 0.2) is 0 Å². The lowest BCUT2D eigenvalue weighted by Gasteiger charge is -2.17. The molecule has 1 aliphatic rings. The standard InChI is InChI=1S/C16H24BrNO/c1-13(2)11-18-12-16(6-7-16)8-9-19-15-5-3-4-14(17)10-15/h3-5,10,13,18H,6-9,11-12H2,1-2H3. The molecule has 19 heavy (non-hydrogen) atoms. The second-order valence-electron chi connectivity index (χ2n) is 6.08. The molecule has 1 aromatic rings. The number of hydrogen-bond donors (Lipinski definition) is 1. The summed E-state index contributed by atoms with van der Waals surface area (Å²) in [5.74, 6) is 1.69. The van der Waals surface area contributed by atoms with Gasteiger partial charge in [-0.1, -0.05) is 35.8 Å². The Labute approximate surface area is 125 Å². The van der Waals surface area contributed by atoms with E-state index < -0.39 is 0 Å². The van der Waals surface area contributed by atoms with E-state index >= 15 is 0 Å². The van der Waals surface area contributed by atoms with Crippen molar-refractivity contribution in [3.63, 3.8) is 0 Å². The number of ether oxygens (including phenoxy) is 1. The van der Waals surface area contributed by atoms with Gasteiger partial charge in [-0.2, -0.15) is 0 Å². The Bertz CT molecular complexity index is 401. The zero-order valence-electron chi connectivity index (χ0n) is 11.9. The first-order chi connectivity index (χ1) is 9.10. The van der Waals surface area contributed by atoms with Crippen molar-refractivity contribution in [1.29, 1.82) is 0 Å². The summed E-state index contributed by atoms with van der Waals surface area (Å²) in [4.78, 5) is 0. The fraction of sp³-hybridized carbons (Fsp3) is 0.625. The van der Waals surface area contributed by atoms with Crippen LogP contribution in [-0.4, -0.2) is 19.7 Å². The molecule has 2 rings (SSSR count). The first-order valence-corrected chi connectivity index (χ1v) is 7.98. The minimum absolute atomic E-state index is 0.515. The van der Waals surface area contributed by atoms with E-state index in [0.717, 1.165) is 42.3 Å². The van der Waals surface area contributed by atoms with E-state index in [2.05, 4.69) is 35.1 Å². The third-order valence-electron chi connectivity index (χ3n) is 3.71. The van der Waals surface area contributed by atoms with Crippen LogP contribution in [0, 0.1) is 11.3 Å². The molecule has 1 saturated carbocycles. The van der Waals surface area contributed by atoms with E-state index in [-0.39, 0.29) is 0 Å². The Hall–Kier alpha value is -0.540. The number of hydrogen-bond acceptors (Lipinski definition) is 2. The van der Waals surface area contributed by atoms with E-state index in [0.29, 0.717) is 5.41 Å². The maximum absolute atomic E-state index is 5.83. The lowest BCUT2D eigenvalue weighted by Crippen LogP contribution is -2.28. The van der Waals surface area contributed by atoms with Crippen LogP contribution in [-0.2, 0) is 0 Å². The zero-order valence-corrected chi connectivity index (χ0v) is 13.5. The second kappa shape index (κ2) is 6.76. The van der Waals surface area contributed by atoms with Gasteiger partial charge in [-0.15, -0.1) is 0 Å². The third-order valence-corrected chi connectivity index (χ3v) is 4.20. The van der Waals surface area contributed by atoms with Crippen LogP contribution in [0.1, 0.15) is 33.1 Å². The first-order valence-electron chi connectivity index (χ1n) is 7.19. The quantitative estimate of drug-likeness (QED) is 0.771. The maximum Gasteiger partial charge on any atom is 0.120 e. The molecule has 0 aromatic heterocycles. The molecule has 0 saturated heterocycles. The summed E-state index contributed by atoms with van der Waals surface area (Å²) >= 11 is 3.46. The predicted octanol–water partition coefficient (Wildman–Crippen LogP) is 4.24. The average Bonchev–Trinajstić information content (AvgIpc) is 3.09. The fourth-order valence-corrected chi connectivity index (χ4v) is 2.64. The van der Waals surface area contributed by atoms with E-state index in [9.17, 15) is 0 Å². The van der Waals surface area contributed by atoms with Crippen LogP contribution in [0.3, 0.4) is 0 Å². The van der Waals surface area contributed by atoms with Crippen molar-refractivity contribution in [2.45, 2.75) is 33.1 Å². The van der Waals surface area contributed by atoms with Crippen LogP contribution in [0.25, 0.3) is 0 Å². The second-order valence-corrected chi connectivity index (χ2v) is 7.00. The smallest absolute Gasteiger partial charge is 0.120 e. The lowest BCUT2D eigenvalue weighted by molar-refractivity contribution is 0.263. The van der Waals surface area contributed by atoms with Crippen molar-refractivity contribution in [2.75, 3.05) is 19.7 Å². The van der Waals surface area contributed by atoms with Crippen molar-refractivity contribution in [2.24, 2.45) is 11.3 Å². The number of nitrogens with one attached hydrogen (secondary N) is 1. The van der Waals surface area contributed by atoms with Crippen LogP contribution < -0.4 is 10.1 Å². The monoisotopic (exact) mass is 325 g/mol. The lowest BCUT2D eigenvalue weighted by atomic mass is 10.0. The summed E-state index contributed by atoms with van der Waals surface area (Å²) in [5.41, 5.74) is 0.515. The van der Waals surface area contributed by atoms with Gasteiger partial charge in [0.2, 0.25) is 0 Å². The fourth-order valence-electron chi connectivity index (χ4n) is 2.26. The molecule has 106 valence electrons. The average molecular weight is 326 g/mol. The Morgan fingerprint density at radius 1 is 1.37 bits per heavy atom. The van der Waals surface area contributed by atoms with E-state index in [4.69, 9.17) is 4.74 Å². The molecule has 0 amide bonds. The highest BCUT2D eigenvalue weighted by atomic mass is 79.9. The van der Waals surface area contributed by atoms with Crippen molar-refractivity contribution in [3.05, 3.63) is 28.7 Å². The molecule has 0 atom stereocenters. The van der Waals surface area contributed by atoms with Crippen molar-refractivity contribution in [3.8, 4) is 5.75 Å². The molecule has 1 aromatic carbocycles. The number of rotatable bonds is 8. The van der Waals surface area contributed by atoms with Gasteiger partial charge in [0, 0.05) is 11.0 Å². The molecule has 0 heterocycles. The maximum atomic E-state index is 5.83. The molecule has 0 radical (unpaired) electrons. The van der Waals surface area contributed by atoms with Gasteiger partial charge >= 0.3 is 0 Å². The summed E-state index contributed by atoms with van der Waals surface area (Å²) in [6.07, 6.45) is 3.85. The van der Waals surface area contributed by atoms with Crippen molar-refractivity contribution >= 4 is 15.9 Å². The molecule has 0 aliphatic heterocycles. The molecule has 2 nitrogen and oxygen atoms in total. The largest absolute Gasteiger partial charge is 0.494 e. The topological polar surface area (TPSA) is 21.3 Å². The summed E-state index contributed by atoms with van der Waals surface area (Å²) in [6, 6.07) is 8.07. The SMILES string of the molecule is CC(C)CNCC1(CCOc2cccc(Br)c2)CC1. The van der Waals surface area contributed by atoms with Crippen molar-refractivity contribution < 1.29 is 4.74 Å². The number of benzene rings is 1. The minimum atomic E-state index is 0.515. The molecule has 0 bridgehead atoms. The van der Waals surface area contributed by atoms with E-state index in [1.807, 2.05) is 24.3 Å². The van der Waals surface area contributed by atoms with Gasteiger partial charge in [0.05, 0.1) is 6.61 Å². The Kier molecular flexibility index (Phi) is 5.28. The van der Waals surface area contributed by atoms with Crippen molar-refractivity contribution in [1.82, 2.24) is 5.32 Å². The Morgan fingerprint density at radius 3 is 2.79 bits per heavy atom. The molecule has 3 heteroatoms. The molecule has 1 N–H and O–H groups in total. The van der Waals surface area contributed by atoms with Crippen LogP contribution in [0.15, 0.2) is 28.7 Å². The van der Waals surface area contributed by atoms with Crippen LogP contribution >= 0.6 is 15.9 Å². The normalized spacial score (nSPS) is 16.6. The number of halogens is 1. The van der Waals surface area contributed by atoms with Gasteiger partial charge in [-0.25, -0.2) is 0 Å². The van der Waals surface area contributed by atoms with Crippen LogP contribution in [0.5, 0.6) is 5.75 Å². The minimum Gasteiger partial charge on any atom is -0.494 e.